The van der Waals surface area contributed by atoms with Crippen LogP contribution >= 0.6 is 22.9 Å². The van der Waals surface area contributed by atoms with Crippen molar-refractivity contribution in [2.75, 3.05) is 11.5 Å². The molecule has 2 aromatic heterocycles. The molecule has 0 radical (unpaired) electrons. The number of aliphatic hydroxyl groups is 1. The quantitative estimate of drug-likeness (QED) is 0.387. The highest BCUT2D eigenvalue weighted by Crippen LogP contribution is 2.44. The number of thiazole rings is 1. The molecule has 33 heavy (non-hydrogen) atoms. The highest BCUT2D eigenvalue weighted by Gasteiger charge is 2.47. The van der Waals surface area contributed by atoms with Gasteiger partial charge in [0.1, 0.15) is 10.6 Å². The van der Waals surface area contributed by atoms with E-state index in [1.807, 2.05) is 0 Å². The summed E-state index contributed by atoms with van der Waals surface area (Å²) >= 11 is 7.12. The van der Waals surface area contributed by atoms with Gasteiger partial charge in [-0.2, -0.15) is 0 Å². The third-order valence-corrected chi connectivity index (χ3v) is 6.41. The van der Waals surface area contributed by atoms with Crippen LogP contribution in [0.15, 0.2) is 52.1 Å². The van der Waals surface area contributed by atoms with Crippen LogP contribution in [0.5, 0.6) is 0 Å². The Bertz CT molecular complexity index is 1310. The molecule has 0 aliphatic carbocycles. The predicted molar refractivity (Wildman–Crippen MR) is 122 cm³/mol. The molecule has 1 N–H and O–H groups in total. The Kier molecular flexibility index (Phi) is 6.09. The number of nitrogens with zero attached hydrogens (tertiary/aromatic N) is 2. The molecule has 0 bridgehead atoms. The number of rotatable bonds is 6. The van der Waals surface area contributed by atoms with Crippen molar-refractivity contribution in [3.63, 3.8) is 0 Å². The summed E-state index contributed by atoms with van der Waals surface area (Å²) in [6, 6.07) is 8.66. The largest absolute Gasteiger partial charge is 0.503 e. The lowest BCUT2D eigenvalue weighted by atomic mass is 9.95. The molecule has 1 atom stereocenters. The van der Waals surface area contributed by atoms with E-state index in [0.717, 1.165) is 11.3 Å². The number of hydrogen-bond acceptors (Lipinski definition) is 8. The number of aliphatic hydroxyl groups excluding tert-OH is 1. The smallest absolute Gasteiger partial charge is 0.350 e. The lowest BCUT2D eigenvalue weighted by Gasteiger charge is -2.24. The third kappa shape index (κ3) is 4.05. The van der Waals surface area contributed by atoms with Crippen LogP contribution in [0.2, 0.25) is 5.02 Å². The standard InChI is InChI=1S/C23H19ClN2O6S/c1-4-31-22(30)20-12(3)25-23(33-20)26-17(13-6-5-7-14(24)10-13)16(19(28)21(26)29)18(27)15-9-8-11(2)32-15/h5-10,17,28H,4H2,1-3H3/t17-/m0/s1. The summed E-state index contributed by atoms with van der Waals surface area (Å²) in [7, 11) is 0. The van der Waals surface area contributed by atoms with Gasteiger partial charge in [-0.05, 0) is 50.6 Å². The van der Waals surface area contributed by atoms with Gasteiger partial charge in [-0.1, -0.05) is 35.1 Å². The van der Waals surface area contributed by atoms with Crippen molar-refractivity contribution < 1.29 is 28.6 Å². The molecule has 1 aliphatic rings. The molecule has 10 heteroatoms. The molecule has 3 heterocycles. The summed E-state index contributed by atoms with van der Waals surface area (Å²) in [6.07, 6.45) is 0. The van der Waals surface area contributed by atoms with E-state index in [1.54, 1.807) is 51.1 Å². The van der Waals surface area contributed by atoms with E-state index in [2.05, 4.69) is 4.98 Å². The van der Waals surface area contributed by atoms with Crippen molar-refractivity contribution >= 4 is 45.7 Å². The molecule has 1 aliphatic heterocycles. The van der Waals surface area contributed by atoms with E-state index in [0.29, 0.717) is 22.0 Å². The Hall–Kier alpha value is -3.43. The van der Waals surface area contributed by atoms with Crippen LogP contribution in [0, 0.1) is 13.8 Å². The van der Waals surface area contributed by atoms with Crippen molar-refractivity contribution in [3.05, 3.63) is 80.4 Å². The van der Waals surface area contributed by atoms with Gasteiger partial charge in [0.05, 0.1) is 23.9 Å². The number of esters is 1. The van der Waals surface area contributed by atoms with E-state index >= 15 is 0 Å². The number of Topliss-reactive ketones (excluding diaryl/α,β-unsaturated/α-hetero) is 1. The summed E-state index contributed by atoms with van der Waals surface area (Å²) in [5.41, 5.74) is 0.686. The van der Waals surface area contributed by atoms with E-state index < -0.39 is 29.5 Å². The Balaban J connectivity index is 1.86. The zero-order valence-corrected chi connectivity index (χ0v) is 19.5. The van der Waals surface area contributed by atoms with Crippen molar-refractivity contribution in [1.29, 1.82) is 0 Å². The molecule has 8 nitrogen and oxygen atoms in total. The van der Waals surface area contributed by atoms with Gasteiger partial charge in [0, 0.05) is 5.02 Å². The van der Waals surface area contributed by atoms with Gasteiger partial charge in [0.25, 0.3) is 5.91 Å². The zero-order valence-electron chi connectivity index (χ0n) is 17.9. The topological polar surface area (TPSA) is 110 Å². The number of aryl methyl sites for hydroxylation is 2. The van der Waals surface area contributed by atoms with Gasteiger partial charge in [0.2, 0.25) is 5.78 Å². The van der Waals surface area contributed by atoms with Gasteiger partial charge in [-0.25, -0.2) is 9.78 Å². The normalized spacial score (nSPS) is 15.9. The highest BCUT2D eigenvalue weighted by atomic mass is 35.5. The second kappa shape index (κ2) is 8.84. The van der Waals surface area contributed by atoms with E-state index in [1.165, 1.54) is 11.0 Å². The van der Waals surface area contributed by atoms with Crippen LogP contribution in [-0.4, -0.2) is 34.4 Å². The highest BCUT2D eigenvalue weighted by molar-refractivity contribution is 7.17. The molecule has 0 unspecified atom stereocenters. The van der Waals surface area contributed by atoms with Crippen molar-refractivity contribution in [2.45, 2.75) is 26.8 Å². The number of amides is 1. The second-order valence-corrected chi connectivity index (χ2v) is 8.68. The number of ketones is 1. The number of anilines is 1. The number of hydrogen-bond donors (Lipinski definition) is 1. The molecule has 0 saturated carbocycles. The monoisotopic (exact) mass is 486 g/mol. The average Bonchev–Trinajstić information content (AvgIpc) is 3.44. The van der Waals surface area contributed by atoms with Gasteiger partial charge in [-0.3, -0.25) is 14.5 Å². The number of furan rings is 1. The molecule has 0 fully saturated rings. The fourth-order valence-electron chi connectivity index (χ4n) is 3.59. The van der Waals surface area contributed by atoms with Crippen molar-refractivity contribution in [1.82, 2.24) is 4.98 Å². The minimum atomic E-state index is -1.03. The maximum Gasteiger partial charge on any atom is 0.350 e. The molecule has 3 aromatic rings. The minimum Gasteiger partial charge on any atom is -0.503 e. The molecule has 0 saturated heterocycles. The second-order valence-electron chi connectivity index (χ2n) is 7.27. The van der Waals surface area contributed by atoms with Crippen LogP contribution in [0.1, 0.15) is 50.2 Å². The molecule has 0 spiro atoms. The maximum atomic E-state index is 13.3. The lowest BCUT2D eigenvalue weighted by Crippen LogP contribution is -2.31. The first kappa shape index (κ1) is 22.8. The summed E-state index contributed by atoms with van der Waals surface area (Å²) in [5, 5.41) is 11.3. The van der Waals surface area contributed by atoms with E-state index in [-0.39, 0.29) is 27.9 Å². The zero-order chi connectivity index (χ0) is 23.9. The number of ether oxygens (including phenoxy) is 1. The van der Waals surface area contributed by atoms with Gasteiger partial charge >= 0.3 is 5.97 Å². The lowest BCUT2D eigenvalue weighted by molar-refractivity contribution is -0.117. The SMILES string of the molecule is CCOC(=O)c1sc(N2C(=O)C(O)=C(C(=O)c3ccc(C)o3)[C@@H]2c2cccc(Cl)c2)nc1C. The van der Waals surface area contributed by atoms with Gasteiger partial charge < -0.3 is 14.3 Å². The number of benzene rings is 1. The van der Waals surface area contributed by atoms with Crippen LogP contribution in [-0.2, 0) is 9.53 Å². The maximum absolute atomic E-state index is 13.3. The van der Waals surface area contributed by atoms with Crippen molar-refractivity contribution in [2.24, 2.45) is 0 Å². The Morgan fingerprint density at radius 2 is 2.03 bits per heavy atom. The van der Waals surface area contributed by atoms with Crippen LogP contribution < -0.4 is 4.90 Å². The van der Waals surface area contributed by atoms with Gasteiger partial charge in [-0.15, -0.1) is 0 Å². The molecule has 1 aromatic carbocycles. The third-order valence-electron chi connectivity index (χ3n) is 5.03. The first-order chi connectivity index (χ1) is 15.7. The van der Waals surface area contributed by atoms with Crippen LogP contribution in [0.4, 0.5) is 5.13 Å². The Morgan fingerprint density at radius 1 is 1.27 bits per heavy atom. The fraction of sp³-hybridized carbons (Fsp3) is 0.217. The van der Waals surface area contributed by atoms with Crippen LogP contribution in [0.25, 0.3) is 0 Å². The summed E-state index contributed by atoms with van der Waals surface area (Å²) < 4.78 is 10.5. The predicted octanol–water partition coefficient (Wildman–Crippen LogP) is 4.97. The molecule has 170 valence electrons. The summed E-state index contributed by atoms with van der Waals surface area (Å²) in [6.45, 7) is 5.17. The van der Waals surface area contributed by atoms with Crippen molar-refractivity contribution in [3.8, 4) is 0 Å². The molecule has 4 rings (SSSR count). The van der Waals surface area contributed by atoms with E-state index in [9.17, 15) is 19.5 Å². The summed E-state index contributed by atoms with van der Waals surface area (Å²) in [5.74, 6) is -2.25. The molecular formula is C23H19ClN2O6S. The average molecular weight is 487 g/mol. The first-order valence-corrected chi connectivity index (χ1v) is 11.2. The molecule has 1 amide bonds. The number of halogens is 1. The number of aromatic nitrogens is 1. The van der Waals surface area contributed by atoms with E-state index in [4.69, 9.17) is 20.8 Å². The van der Waals surface area contributed by atoms with Gasteiger partial charge in [0.15, 0.2) is 16.7 Å². The minimum absolute atomic E-state index is 0.0155. The Labute approximate surface area is 198 Å². The number of carbonyl (C=O) groups excluding carboxylic acids is 3. The Morgan fingerprint density at radius 3 is 2.67 bits per heavy atom. The fourth-order valence-corrected chi connectivity index (χ4v) is 4.77. The number of carbonyl (C=O) groups is 3. The summed E-state index contributed by atoms with van der Waals surface area (Å²) in [4.78, 5) is 44.6. The molecular weight excluding hydrogens is 468 g/mol. The van der Waals surface area contributed by atoms with Crippen LogP contribution in [0.3, 0.4) is 0 Å². The first-order valence-electron chi connectivity index (χ1n) is 10.0.